The van der Waals surface area contributed by atoms with Crippen molar-refractivity contribution in [3.05, 3.63) is 30.1 Å². The van der Waals surface area contributed by atoms with Crippen molar-refractivity contribution in [3.8, 4) is 11.4 Å². The molecule has 0 amide bonds. The van der Waals surface area contributed by atoms with Gasteiger partial charge in [-0.3, -0.25) is 4.68 Å². The molecule has 1 fully saturated rings. The third-order valence-electron chi connectivity index (χ3n) is 2.94. The minimum Gasteiger partial charge on any atom is -0.399 e. The maximum absolute atomic E-state index is 5.83. The van der Waals surface area contributed by atoms with Crippen LogP contribution in [0.15, 0.2) is 24.5 Å². The van der Waals surface area contributed by atoms with Crippen LogP contribution in [0.5, 0.6) is 0 Å². The molecular weight excluding hydrogens is 200 g/mol. The minimum atomic E-state index is 0.680. The average molecular weight is 214 g/mol. The molecule has 1 aliphatic carbocycles. The van der Waals surface area contributed by atoms with Gasteiger partial charge >= 0.3 is 0 Å². The number of aromatic nitrogens is 3. The van der Waals surface area contributed by atoms with Crippen LogP contribution in [-0.4, -0.2) is 14.8 Å². The fourth-order valence-corrected chi connectivity index (χ4v) is 1.98. The van der Waals surface area contributed by atoms with Crippen LogP contribution < -0.4 is 5.73 Å². The van der Waals surface area contributed by atoms with Gasteiger partial charge in [-0.25, -0.2) is 4.98 Å². The number of rotatable bonds is 2. The van der Waals surface area contributed by atoms with Crippen molar-refractivity contribution in [2.45, 2.75) is 18.8 Å². The molecule has 0 aliphatic heterocycles. The zero-order chi connectivity index (χ0) is 11.1. The van der Waals surface area contributed by atoms with Gasteiger partial charge in [0, 0.05) is 18.3 Å². The Morgan fingerprint density at radius 2 is 2.19 bits per heavy atom. The van der Waals surface area contributed by atoms with Gasteiger partial charge < -0.3 is 5.73 Å². The molecule has 3 rings (SSSR count). The minimum absolute atomic E-state index is 0.680. The van der Waals surface area contributed by atoms with E-state index in [-0.39, 0.29) is 0 Å². The Kier molecular flexibility index (Phi) is 1.96. The zero-order valence-corrected chi connectivity index (χ0v) is 9.22. The van der Waals surface area contributed by atoms with Crippen molar-refractivity contribution in [2.24, 2.45) is 7.05 Å². The lowest BCUT2D eigenvalue weighted by Crippen LogP contribution is -1.94. The molecular formula is C12H14N4. The van der Waals surface area contributed by atoms with Crippen LogP contribution in [0.3, 0.4) is 0 Å². The van der Waals surface area contributed by atoms with Gasteiger partial charge in [0.25, 0.3) is 0 Å². The quantitative estimate of drug-likeness (QED) is 0.777. The molecule has 1 heterocycles. The van der Waals surface area contributed by atoms with Crippen LogP contribution >= 0.6 is 0 Å². The van der Waals surface area contributed by atoms with Crippen LogP contribution in [0.2, 0.25) is 0 Å². The molecule has 0 bridgehead atoms. The Bertz CT molecular complexity index is 526. The number of nitrogens with two attached hydrogens (primary N) is 1. The second-order valence-corrected chi connectivity index (χ2v) is 4.36. The summed E-state index contributed by atoms with van der Waals surface area (Å²) in [4.78, 5) is 4.29. The molecule has 1 aromatic carbocycles. The predicted molar refractivity (Wildman–Crippen MR) is 62.8 cm³/mol. The Balaban J connectivity index is 2.13. The number of nitrogen functional groups attached to an aromatic ring is 1. The normalized spacial score (nSPS) is 15.3. The van der Waals surface area contributed by atoms with Gasteiger partial charge in [-0.15, -0.1) is 0 Å². The van der Waals surface area contributed by atoms with Gasteiger partial charge in [-0.2, -0.15) is 5.10 Å². The highest BCUT2D eigenvalue weighted by Gasteiger charge is 2.27. The first-order chi connectivity index (χ1) is 7.74. The van der Waals surface area contributed by atoms with Crippen molar-refractivity contribution in [1.29, 1.82) is 0 Å². The standard InChI is InChI=1S/C12H14N4/c1-16-7-14-12(15-16)11-6-9(13)4-5-10(11)8-2-3-8/h4-8H,2-3,13H2,1H3. The molecule has 2 aromatic rings. The summed E-state index contributed by atoms with van der Waals surface area (Å²) in [6, 6.07) is 6.04. The van der Waals surface area contributed by atoms with E-state index >= 15 is 0 Å². The second-order valence-electron chi connectivity index (χ2n) is 4.36. The summed E-state index contributed by atoms with van der Waals surface area (Å²) in [7, 11) is 1.87. The summed E-state index contributed by atoms with van der Waals surface area (Å²) >= 11 is 0. The van der Waals surface area contributed by atoms with Crippen molar-refractivity contribution in [3.63, 3.8) is 0 Å². The van der Waals surface area contributed by atoms with Gasteiger partial charge in [0.05, 0.1) is 0 Å². The summed E-state index contributed by atoms with van der Waals surface area (Å²) in [5.41, 5.74) is 9.02. The number of nitrogens with zero attached hydrogens (tertiary/aromatic N) is 3. The Morgan fingerprint density at radius 1 is 1.38 bits per heavy atom. The van der Waals surface area contributed by atoms with E-state index in [1.54, 1.807) is 11.0 Å². The molecule has 0 saturated heterocycles. The number of benzene rings is 1. The molecule has 16 heavy (non-hydrogen) atoms. The lowest BCUT2D eigenvalue weighted by Gasteiger charge is -2.06. The molecule has 0 spiro atoms. The summed E-state index contributed by atoms with van der Waals surface area (Å²) in [5.74, 6) is 1.45. The van der Waals surface area contributed by atoms with Crippen LogP contribution in [0.25, 0.3) is 11.4 Å². The zero-order valence-electron chi connectivity index (χ0n) is 9.22. The number of aryl methyl sites for hydroxylation is 1. The lowest BCUT2D eigenvalue weighted by atomic mass is 10.0. The lowest BCUT2D eigenvalue weighted by molar-refractivity contribution is 0.768. The van der Waals surface area contributed by atoms with Gasteiger partial charge in [-0.05, 0) is 36.5 Å². The molecule has 1 aromatic heterocycles. The molecule has 4 nitrogen and oxygen atoms in total. The molecule has 0 unspecified atom stereocenters. The highest BCUT2D eigenvalue weighted by molar-refractivity contribution is 5.66. The van der Waals surface area contributed by atoms with Crippen LogP contribution in [0, 0.1) is 0 Å². The molecule has 4 heteroatoms. The molecule has 2 N–H and O–H groups in total. The topological polar surface area (TPSA) is 56.7 Å². The van der Waals surface area contributed by atoms with E-state index < -0.39 is 0 Å². The first-order valence-corrected chi connectivity index (χ1v) is 5.49. The Hall–Kier alpha value is -1.84. The highest BCUT2D eigenvalue weighted by Crippen LogP contribution is 2.44. The van der Waals surface area contributed by atoms with Crippen molar-refractivity contribution in [1.82, 2.24) is 14.8 Å². The maximum Gasteiger partial charge on any atom is 0.181 e. The van der Waals surface area contributed by atoms with Crippen molar-refractivity contribution < 1.29 is 0 Å². The van der Waals surface area contributed by atoms with Crippen molar-refractivity contribution in [2.75, 3.05) is 5.73 Å². The number of anilines is 1. The third-order valence-corrected chi connectivity index (χ3v) is 2.94. The SMILES string of the molecule is Cn1cnc(-c2cc(N)ccc2C2CC2)n1. The average Bonchev–Trinajstić information content (AvgIpc) is 3.01. The van der Waals surface area contributed by atoms with Crippen molar-refractivity contribution >= 4 is 5.69 Å². The molecule has 1 saturated carbocycles. The van der Waals surface area contributed by atoms with Gasteiger partial charge in [-0.1, -0.05) is 6.07 Å². The molecule has 82 valence electrons. The monoisotopic (exact) mass is 214 g/mol. The van der Waals surface area contributed by atoms with Crippen LogP contribution in [-0.2, 0) is 7.05 Å². The Labute approximate surface area is 94.1 Å². The number of hydrogen-bond acceptors (Lipinski definition) is 3. The molecule has 0 radical (unpaired) electrons. The van der Waals surface area contributed by atoms with Gasteiger partial charge in [0.2, 0.25) is 0 Å². The van der Waals surface area contributed by atoms with Crippen LogP contribution in [0.4, 0.5) is 5.69 Å². The fraction of sp³-hybridized carbons (Fsp3) is 0.333. The van der Waals surface area contributed by atoms with Gasteiger partial charge in [0.15, 0.2) is 5.82 Å². The highest BCUT2D eigenvalue weighted by atomic mass is 15.3. The summed E-state index contributed by atoms with van der Waals surface area (Å²) in [6.45, 7) is 0. The van der Waals surface area contributed by atoms with E-state index in [4.69, 9.17) is 5.73 Å². The summed E-state index contributed by atoms with van der Waals surface area (Å²) < 4.78 is 1.72. The molecule has 1 aliphatic rings. The van der Waals surface area contributed by atoms with E-state index in [2.05, 4.69) is 16.1 Å². The van der Waals surface area contributed by atoms with Gasteiger partial charge in [0.1, 0.15) is 6.33 Å². The Morgan fingerprint density at radius 3 is 2.81 bits per heavy atom. The third kappa shape index (κ3) is 1.56. The van der Waals surface area contributed by atoms with E-state index in [0.29, 0.717) is 5.92 Å². The van der Waals surface area contributed by atoms with E-state index in [0.717, 1.165) is 17.1 Å². The largest absolute Gasteiger partial charge is 0.399 e. The molecule has 0 atom stereocenters. The van der Waals surface area contributed by atoms with E-state index in [1.807, 2.05) is 19.2 Å². The van der Waals surface area contributed by atoms with Crippen LogP contribution in [0.1, 0.15) is 24.3 Å². The first kappa shape index (κ1) is 9.39. The first-order valence-electron chi connectivity index (χ1n) is 5.49. The maximum atomic E-state index is 5.83. The summed E-state index contributed by atoms with van der Waals surface area (Å²) in [6.07, 6.45) is 4.25. The van der Waals surface area contributed by atoms with E-state index in [1.165, 1.54) is 18.4 Å². The van der Waals surface area contributed by atoms with E-state index in [9.17, 15) is 0 Å². The summed E-state index contributed by atoms with van der Waals surface area (Å²) in [5, 5.41) is 4.34. The predicted octanol–water partition coefficient (Wildman–Crippen LogP) is 1.94. The second kappa shape index (κ2) is 3.33. The number of hydrogen-bond donors (Lipinski definition) is 1. The smallest absolute Gasteiger partial charge is 0.181 e. The fourth-order valence-electron chi connectivity index (χ4n) is 1.98.